The van der Waals surface area contributed by atoms with Crippen LogP contribution in [0.25, 0.3) is 11.1 Å². The third kappa shape index (κ3) is 3.23. The maximum Gasteiger partial charge on any atom is 0.363 e. The molecule has 2 rings (SSSR count). The Morgan fingerprint density at radius 3 is 2.52 bits per heavy atom. The molecule has 7 nitrogen and oxygen atoms in total. The van der Waals surface area contributed by atoms with Crippen molar-refractivity contribution in [3.8, 4) is 11.1 Å². The van der Waals surface area contributed by atoms with Crippen LogP contribution in [0.15, 0.2) is 47.5 Å². The second-order valence-electron chi connectivity index (χ2n) is 4.02. The number of nitrogens with zero attached hydrogens (tertiary/aromatic N) is 2. The summed E-state index contributed by atoms with van der Waals surface area (Å²) in [5, 5.41) is 10.6. The van der Waals surface area contributed by atoms with Crippen LogP contribution in [-0.2, 0) is 14.3 Å². The Morgan fingerprint density at radius 1 is 1.24 bits per heavy atom. The van der Waals surface area contributed by atoms with Crippen molar-refractivity contribution >= 4 is 15.9 Å². The van der Waals surface area contributed by atoms with E-state index in [1.807, 2.05) is 0 Å². The fraction of sp³-hybridized carbons (Fsp3) is 0.154. The van der Waals surface area contributed by atoms with Gasteiger partial charge in [-0.05, 0) is 29.0 Å². The van der Waals surface area contributed by atoms with Crippen molar-refractivity contribution in [1.82, 2.24) is 4.98 Å². The molecular weight excluding hydrogens is 296 g/mol. The second-order valence-corrected chi connectivity index (χ2v) is 5.60. The summed E-state index contributed by atoms with van der Waals surface area (Å²) in [5.74, 6) is -0.302. The Hall–Kier alpha value is -2.32. The summed E-state index contributed by atoms with van der Waals surface area (Å²) in [4.78, 5) is 13.7. The first kappa shape index (κ1) is 15.1. The van der Waals surface area contributed by atoms with Gasteiger partial charge >= 0.3 is 5.82 Å². The van der Waals surface area contributed by atoms with Crippen molar-refractivity contribution in [2.45, 2.75) is 11.8 Å². The quantitative estimate of drug-likeness (QED) is 0.477. The third-order valence-corrected chi connectivity index (χ3v) is 4.12. The smallest absolute Gasteiger partial charge is 0.358 e. The van der Waals surface area contributed by atoms with Crippen LogP contribution >= 0.6 is 0 Å². The second kappa shape index (κ2) is 5.98. The topological polar surface area (TPSA) is 99.4 Å². The van der Waals surface area contributed by atoms with Crippen molar-refractivity contribution in [2.75, 3.05) is 6.61 Å². The van der Waals surface area contributed by atoms with Crippen LogP contribution in [0, 0.1) is 10.1 Å². The van der Waals surface area contributed by atoms with E-state index in [9.17, 15) is 18.5 Å². The molecule has 0 radical (unpaired) electrons. The first-order valence-electron chi connectivity index (χ1n) is 6.05. The molecule has 1 aromatic carbocycles. The first-order chi connectivity index (χ1) is 9.95. The number of benzene rings is 1. The SMILES string of the molecule is CCOS(=O)(=O)c1ccccc1-c1ccc([N+](=O)[O-])nc1. The summed E-state index contributed by atoms with van der Waals surface area (Å²) in [6.45, 7) is 1.60. The van der Waals surface area contributed by atoms with Crippen LogP contribution in [-0.4, -0.2) is 24.9 Å². The lowest BCUT2D eigenvalue weighted by molar-refractivity contribution is -0.389. The molecule has 0 bridgehead atoms. The molecule has 0 unspecified atom stereocenters. The van der Waals surface area contributed by atoms with Gasteiger partial charge in [-0.2, -0.15) is 8.42 Å². The number of rotatable bonds is 5. The fourth-order valence-electron chi connectivity index (χ4n) is 1.80. The van der Waals surface area contributed by atoms with Crippen LogP contribution in [0.5, 0.6) is 0 Å². The minimum atomic E-state index is -3.88. The van der Waals surface area contributed by atoms with E-state index in [4.69, 9.17) is 4.18 Å². The molecule has 8 heteroatoms. The minimum absolute atomic E-state index is 0.00232. The Morgan fingerprint density at radius 2 is 1.95 bits per heavy atom. The van der Waals surface area contributed by atoms with Crippen molar-refractivity contribution in [3.05, 3.63) is 52.7 Å². The Kier molecular flexibility index (Phi) is 4.29. The minimum Gasteiger partial charge on any atom is -0.358 e. The molecule has 0 saturated carbocycles. The highest BCUT2D eigenvalue weighted by atomic mass is 32.2. The van der Waals surface area contributed by atoms with Gasteiger partial charge in [0.25, 0.3) is 10.1 Å². The van der Waals surface area contributed by atoms with E-state index in [2.05, 4.69) is 4.98 Å². The van der Waals surface area contributed by atoms with Gasteiger partial charge in [-0.25, -0.2) is 0 Å². The zero-order valence-corrected chi connectivity index (χ0v) is 11.9. The Bertz CT molecular complexity index is 756. The van der Waals surface area contributed by atoms with Gasteiger partial charge in [-0.1, -0.05) is 18.2 Å². The van der Waals surface area contributed by atoms with Crippen LogP contribution in [0.4, 0.5) is 5.82 Å². The van der Waals surface area contributed by atoms with E-state index in [1.54, 1.807) is 25.1 Å². The normalized spacial score (nSPS) is 11.3. The molecular formula is C13H12N2O5S. The average Bonchev–Trinajstić information content (AvgIpc) is 2.47. The highest BCUT2D eigenvalue weighted by Gasteiger charge is 2.20. The zero-order chi connectivity index (χ0) is 15.5. The number of pyridine rings is 1. The summed E-state index contributed by atoms with van der Waals surface area (Å²) in [7, 11) is -3.88. The fourth-order valence-corrected chi connectivity index (χ4v) is 2.93. The van der Waals surface area contributed by atoms with Gasteiger partial charge in [0.2, 0.25) is 0 Å². The van der Waals surface area contributed by atoms with Gasteiger partial charge in [-0.3, -0.25) is 4.18 Å². The maximum absolute atomic E-state index is 12.1. The van der Waals surface area contributed by atoms with Crippen LogP contribution < -0.4 is 0 Å². The van der Waals surface area contributed by atoms with Crippen LogP contribution in [0.1, 0.15) is 6.92 Å². The monoisotopic (exact) mass is 308 g/mol. The van der Waals surface area contributed by atoms with E-state index >= 15 is 0 Å². The molecule has 0 saturated heterocycles. The van der Waals surface area contributed by atoms with Crippen molar-refractivity contribution in [3.63, 3.8) is 0 Å². The lowest BCUT2D eigenvalue weighted by atomic mass is 10.1. The van der Waals surface area contributed by atoms with E-state index in [-0.39, 0.29) is 17.3 Å². The van der Waals surface area contributed by atoms with Gasteiger partial charge in [0.1, 0.15) is 11.1 Å². The van der Waals surface area contributed by atoms with Gasteiger partial charge < -0.3 is 10.1 Å². The van der Waals surface area contributed by atoms with Crippen molar-refractivity contribution < 1.29 is 17.5 Å². The van der Waals surface area contributed by atoms with E-state index in [0.29, 0.717) is 11.1 Å². The summed E-state index contributed by atoms with van der Waals surface area (Å²) < 4.78 is 28.9. The molecule has 0 atom stereocenters. The van der Waals surface area contributed by atoms with E-state index < -0.39 is 15.0 Å². The van der Waals surface area contributed by atoms with Crippen LogP contribution in [0.3, 0.4) is 0 Å². The number of nitro groups is 1. The molecule has 0 N–H and O–H groups in total. The Balaban J connectivity index is 2.52. The van der Waals surface area contributed by atoms with E-state index in [0.717, 1.165) is 0 Å². The number of hydrogen-bond acceptors (Lipinski definition) is 6. The predicted octanol–water partition coefficient (Wildman–Crippen LogP) is 2.38. The highest BCUT2D eigenvalue weighted by Crippen LogP contribution is 2.28. The zero-order valence-electron chi connectivity index (χ0n) is 11.1. The number of hydrogen-bond donors (Lipinski definition) is 0. The Labute approximate surface area is 121 Å². The molecule has 2 aromatic rings. The predicted molar refractivity (Wildman–Crippen MR) is 75.1 cm³/mol. The van der Waals surface area contributed by atoms with Gasteiger partial charge in [0.15, 0.2) is 0 Å². The van der Waals surface area contributed by atoms with Gasteiger partial charge in [0.05, 0.1) is 6.61 Å². The molecule has 1 aromatic heterocycles. The molecule has 0 amide bonds. The van der Waals surface area contributed by atoms with Gasteiger partial charge in [-0.15, -0.1) is 0 Å². The molecule has 110 valence electrons. The first-order valence-corrected chi connectivity index (χ1v) is 7.46. The molecule has 0 spiro atoms. The summed E-state index contributed by atoms with van der Waals surface area (Å²) in [6.07, 6.45) is 1.26. The third-order valence-electron chi connectivity index (χ3n) is 2.68. The number of aromatic nitrogens is 1. The van der Waals surface area contributed by atoms with Crippen molar-refractivity contribution in [1.29, 1.82) is 0 Å². The maximum atomic E-state index is 12.1. The lowest BCUT2D eigenvalue weighted by Gasteiger charge is -2.08. The average molecular weight is 308 g/mol. The highest BCUT2D eigenvalue weighted by molar-refractivity contribution is 7.87. The van der Waals surface area contributed by atoms with Crippen LogP contribution in [0.2, 0.25) is 0 Å². The largest absolute Gasteiger partial charge is 0.363 e. The standard InChI is InChI=1S/C13H12N2O5S/c1-2-20-21(18,19)12-6-4-3-5-11(12)10-7-8-13(14-9-10)15(16)17/h3-9H,2H2,1H3. The molecule has 0 fully saturated rings. The summed E-state index contributed by atoms with van der Waals surface area (Å²) in [6, 6.07) is 8.93. The van der Waals surface area contributed by atoms with Gasteiger partial charge in [0, 0.05) is 17.2 Å². The molecule has 0 aliphatic carbocycles. The summed E-state index contributed by atoms with van der Waals surface area (Å²) >= 11 is 0. The summed E-state index contributed by atoms with van der Waals surface area (Å²) in [5.41, 5.74) is 0.841. The molecule has 1 heterocycles. The lowest BCUT2D eigenvalue weighted by Crippen LogP contribution is -2.07. The molecule has 21 heavy (non-hydrogen) atoms. The van der Waals surface area contributed by atoms with E-state index in [1.165, 1.54) is 24.4 Å². The molecule has 0 aliphatic heterocycles. The van der Waals surface area contributed by atoms with Crippen molar-refractivity contribution in [2.24, 2.45) is 0 Å². The molecule has 0 aliphatic rings.